The van der Waals surface area contributed by atoms with Crippen molar-refractivity contribution in [1.82, 2.24) is 15.4 Å². The predicted octanol–water partition coefficient (Wildman–Crippen LogP) is 2.61. The van der Waals surface area contributed by atoms with Gasteiger partial charge in [-0.15, -0.1) is 0 Å². The first-order chi connectivity index (χ1) is 12.2. The number of hydrogen-bond acceptors (Lipinski definition) is 5. The van der Waals surface area contributed by atoms with Crippen molar-refractivity contribution in [2.45, 2.75) is 25.6 Å². The Morgan fingerprint density at radius 3 is 2.88 bits per heavy atom. The number of carbonyl (C=O) groups is 1. The van der Waals surface area contributed by atoms with Gasteiger partial charge in [-0.05, 0) is 36.7 Å². The number of nitrogens with zero attached hydrogens (tertiary/aromatic N) is 2. The maximum Gasteiger partial charge on any atom is 0.238 e. The van der Waals surface area contributed by atoms with Gasteiger partial charge in [0.15, 0.2) is 5.76 Å². The Balaban J connectivity index is 1.39. The second-order valence-electron chi connectivity index (χ2n) is 6.28. The minimum absolute atomic E-state index is 0.000415. The topological polar surface area (TPSA) is 71.5 Å². The Kier molecular flexibility index (Phi) is 4.11. The highest BCUT2D eigenvalue weighted by atomic mass is 16.5. The minimum atomic E-state index is -0.175. The molecule has 25 heavy (non-hydrogen) atoms. The van der Waals surface area contributed by atoms with E-state index >= 15 is 0 Å². The summed E-state index contributed by atoms with van der Waals surface area (Å²) in [6.45, 7) is 1.11. The van der Waals surface area contributed by atoms with E-state index in [1.54, 1.807) is 24.5 Å². The minimum Gasteiger partial charge on any atom is -0.461 e. The van der Waals surface area contributed by atoms with Crippen LogP contribution >= 0.6 is 0 Å². The van der Waals surface area contributed by atoms with Crippen LogP contribution in [-0.4, -0.2) is 29.1 Å². The van der Waals surface area contributed by atoms with E-state index in [1.165, 1.54) is 11.1 Å². The molecule has 2 aromatic heterocycles. The monoisotopic (exact) mass is 337 g/mol. The molecule has 0 saturated carbocycles. The predicted molar refractivity (Wildman–Crippen MR) is 91.5 cm³/mol. The summed E-state index contributed by atoms with van der Waals surface area (Å²) in [5.74, 6) is 1.17. The molecule has 3 aromatic rings. The SMILES string of the molecule is CN1Cc2ccccc2CC1C(=O)NCc1cc(-c2ccco2)on1. The molecule has 128 valence electrons. The fraction of sp³-hybridized carbons (Fsp3) is 0.263. The normalized spacial score (nSPS) is 17.2. The van der Waals surface area contributed by atoms with Gasteiger partial charge in [0.2, 0.25) is 11.7 Å². The Morgan fingerprint density at radius 1 is 1.24 bits per heavy atom. The highest BCUT2D eigenvalue weighted by Gasteiger charge is 2.28. The third-order valence-electron chi connectivity index (χ3n) is 4.55. The van der Waals surface area contributed by atoms with Crippen molar-refractivity contribution in [3.8, 4) is 11.5 Å². The molecule has 1 aliphatic heterocycles. The van der Waals surface area contributed by atoms with Crippen molar-refractivity contribution >= 4 is 5.91 Å². The highest BCUT2D eigenvalue weighted by molar-refractivity contribution is 5.82. The Morgan fingerprint density at radius 2 is 2.08 bits per heavy atom. The number of likely N-dealkylation sites (N-methyl/N-ethyl adjacent to an activating group) is 1. The fourth-order valence-corrected chi connectivity index (χ4v) is 3.17. The highest BCUT2D eigenvalue weighted by Crippen LogP contribution is 2.23. The number of rotatable bonds is 4. The maximum absolute atomic E-state index is 12.6. The van der Waals surface area contributed by atoms with Gasteiger partial charge in [0.25, 0.3) is 0 Å². The molecular weight excluding hydrogens is 318 g/mol. The smallest absolute Gasteiger partial charge is 0.238 e. The molecule has 4 rings (SSSR count). The molecular formula is C19H19N3O3. The van der Waals surface area contributed by atoms with Crippen LogP contribution in [0.2, 0.25) is 0 Å². The van der Waals surface area contributed by atoms with Gasteiger partial charge < -0.3 is 14.3 Å². The summed E-state index contributed by atoms with van der Waals surface area (Å²) < 4.78 is 10.5. The molecule has 0 saturated heterocycles. The largest absolute Gasteiger partial charge is 0.461 e. The van der Waals surface area contributed by atoms with E-state index in [0.29, 0.717) is 23.8 Å². The van der Waals surface area contributed by atoms with E-state index in [0.717, 1.165) is 13.0 Å². The van der Waals surface area contributed by atoms with Crippen molar-refractivity contribution in [1.29, 1.82) is 0 Å². The average molecular weight is 337 g/mol. The molecule has 1 aliphatic rings. The van der Waals surface area contributed by atoms with Crippen molar-refractivity contribution in [2.75, 3.05) is 7.05 Å². The first-order valence-corrected chi connectivity index (χ1v) is 8.25. The third-order valence-corrected chi connectivity index (χ3v) is 4.55. The van der Waals surface area contributed by atoms with E-state index < -0.39 is 0 Å². The quantitative estimate of drug-likeness (QED) is 0.792. The number of fused-ring (bicyclic) bond motifs is 1. The van der Waals surface area contributed by atoms with Crippen LogP contribution < -0.4 is 5.32 Å². The molecule has 0 spiro atoms. The standard InChI is InChI=1S/C19H19N3O3/c1-22-12-14-6-3-2-5-13(14)9-16(22)19(23)20-11-15-10-18(25-21-15)17-7-4-8-24-17/h2-8,10,16H,9,11-12H2,1H3,(H,20,23). The molecule has 0 radical (unpaired) electrons. The van der Waals surface area contributed by atoms with Gasteiger partial charge in [0.05, 0.1) is 18.8 Å². The summed E-state index contributed by atoms with van der Waals surface area (Å²) in [5, 5.41) is 6.94. The molecule has 0 fully saturated rings. The molecule has 6 nitrogen and oxygen atoms in total. The van der Waals surface area contributed by atoms with Crippen LogP contribution in [0.4, 0.5) is 0 Å². The van der Waals surface area contributed by atoms with E-state index in [-0.39, 0.29) is 11.9 Å². The van der Waals surface area contributed by atoms with Crippen LogP contribution in [0.15, 0.2) is 57.7 Å². The van der Waals surface area contributed by atoms with Crippen molar-refractivity contribution in [2.24, 2.45) is 0 Å². The summed E-state index contributed by atoms with van der Waals surface area (Å²) in [6.07, 6.45) is 2.30. The van der Waals surface area contributed by atoms with Crippen LogP contribution in [0.1, 0.15) is 16.8 Å². The summed E-state index contributed by atoms with van der Waals surface area (Å²) >= 11 is 0. The molecule has 1 aromatic carbocycles. The summed E-state index contributed by atoms with van der Waals surface area (Å²) in [4.78, 5) is 14.7. The van der Waals surface area contributed by atoms with Gasteiger partial charge in [-0.2, -0.15) is 0 Å². The lowest BCUT2D eigenvalue weighted by Gasteiger charge is -2.32. The number of aromatic nitrogens is 1. The zero-order valence-corrected chi connectivity index (χ0v) is 13.9. The molecule has 3 heterocycles. The van der Waals surface area contributed by atoms with Crippen LogP contribution in [0.25, 0.3) is 11.5 Å². The number of furan rings is 1. The van der Waals surface area contributed by atoms with Gasteiger partial charge in [-0.25, -0.2) is 0 Å². The molecule has 1 N–H and O–H groups in total. The summed E-state index contributed by atoms with van der Waals surface area (Å²) in [5.41, 5.74) is 3.19. The summed E-state index contributed by atoms with van der Waals surface area (Å²) in [6, 6.07) is 13.5. The lowest BCUT2D eigenvalue weighted by Crippen LogP contribution is -2.48. The van der Waals surface area contributed by atoms with E-state index in [2.05, 4.69) is 27.5 Å². The van der Waals surface area contributed by atoms with Crippen LogP contribution in [0.5, 0.6) is 0 Å². The van der Waals surface area contributed by atoms with Gasteiger partial charge in [0.1, 0.15) is 5.69 Å². The number of amides is 1. The first-order valence-electron chi connectivity index (χ1n) is 8.25. The van der Waals surface area contributed by atoms with Gasteiger partial charge in [-0.3, -0.25) is 9.69 Å². The number of carbonyl (C=O) groups excluding carboxylic acids is 1. The average Bonchev–Trinajstić information content (AvgIpc) is 3.30. The molecule has 0 aliphatic carbocycles. The molecule has 1 amide bonds. The third kappa shape index (κ3) is 3.21. The Bertz CT molecular complexity index is 870. The molecule has 1 atom stereocenters. The second kappa shape index (κ2) is 6.57. The number of benzene rings is 1. The lowest BCUT2D eigenvalue weighted by atomic mass is 9.94. The van der Waals surface area contributed by atoms with E-state index in [4.69, 9.17) is 8.94 Å². The zero-order valence-electron chi connectivity index (χ0n) is 13.9. The Hall–Kier alpha value is -2.86. The molecule has 0 bridgehead atoms. The zero-order chi connectivity index (χ0) is 17.2. The first kappa shape index (κ1) is 15.7. The van der Waals surface area contributed by atoms with Crippen LogP contribution in [-0.2, 0) is 24.3 Å². The van der Waals surface area contributed by atoms with Crippen molar-refractivity contribution < 1.29 is 13.7 Å². The maximum atomic E-state index is 12.6. The van der Waals surface area contributed by atoms with Gasteiger partial charge in [-0.1, -0.05) is 29.4 Å². The van der Waals surface area contributed by atoms with E-state index in [1.807, 2.05) is 19.2 Å². The van der Waals surface area contributed by atoms with Crippen LogP contribution in [0.3, 0.4) is 0 Å². The van der Waals surface area contributed by atoms with Crippen LogP contribution in [0, 0.1) is 0 Å². The molecule has 6 heteroatoms. The lowest BCUT2D eigenvalue weighted by molar-refractivity contribution is -0.126. The van der Waals surface area contributed by atoms with E-state index in [9.17, 15) is 4.79 Å². The second-order valence-corrected chi connectivity index (χ2v) is 6.28. The Labute approximate surface area is 145 Å². The van der Waals surface area contributed by atoms with Crippen molar-refractivity contribution in [3.05, 3.63) is 65.5 Å². The van der Waals surface area contributed by atoms with Gasteiger partial charge in [0, 0.05) is 12.6 Å². The number of nitrogens with one attached hydrogen (secondary N) is 1. The van der Waals surface area contributed by atoms with Crippen molar-refractivity contribution in [3.63, 3.8) is 0 Å². The number of hydrogen-bond donors (Lipinski definition) is 1. The molecule has 1 unspecified atom stereocenters. The summed E-state index contributed by atoms with van der Waals surface area (Å²) in [7, 11) is 1.98. The van der Waals surface area contributed by atoms with Gasteiger partial charge >= 0.3 is 0 Å². The fourth-order valence-electron chi connectivity index (χ4n) is 3.17.